The van der Waals surface area contributed by atoms with Gasteiger partial charge in [0.25, 0.3) is 0 Å². The summed E-state index contributed by atoms with van der Waals surface area (Å²) < 4.78 is 0. The van der Waals surface area contributed by atoms with E-state index in [0.29, 0.717) is 11.6 Å². The molecule has 0 aliphatic heterocycles. The van der Waals surface area contributed by atoms with Crippen molar-refractivity contribution < 1.29 is 14.7 Å². The third kappa shape index (κ3) is 4.39. The van der Waals surface area contributed by atoms with Crippen molar-refractivity contribution in [3.05, 3.63) is 35.2 Å². The predicted octanol–water partition coefficient (Wildman–Crippen LogP) is 3.57. The molecule has 0 fully saturated rings. The number of nitrogens with one attached hydrogen (secondary N) is 1. The number of carbonyl (C=O) groups is 2. The molecular weight excluding hydrogens is 300 g/mol. The number of aromatic nitrogens is 1. The predicted molar refractivity (Wildman–Crippen MR) is 87.0 cm³/mol. The Morgan fingerprint density at radius 3 is 2.59 bits per heavy atom. The molecule has 2 rings (SSSR count). The lowest BCUT2D eigenvalue weighted by Gasteiger charge is -2.00. The molecule has 1 aromatic heterocycles. The molecule has 6 heteroatoms. The lowest BCUT2D eigenvalue weighted by atomic mass is 10.1. The lowest BCUT2D eigenvalue weighted by molar-refractivity contribution is -0.137. The minimum absolute atomic E-state index is 0.000758. The van der Waals surface area contributed by atoms with E-state index < -0.39 is 5.97 Å². The van der Waals surface area contributed by atoms with Gasteiger partial charge in [-0.1, -0.05) is 37.3 Å². The van der Waals surface area contributed by atoms with Crippen molar-refractivity contribution in [2.75, 3.05) is 5.32 Å². The Hall–Kier alpha value is -2.21. The summed E-state index contributed by atoms with van der Waals surface area (Å²) >= 11 is 1.46. The second-order valence-corrected chi connectivity index (χ2v) is 5.89. The second kappa shape index (κ2) is 7.70. The Morgan fingerprint density at radius 2 is 1.95 bits per heavy atom. The molecule has 2 N–H and O–H groups in total. The average molecular weight is 318 g/mol. The fraction of sp³-hybridized carbons (Fsp3) is 0.312. The van der Waals surface area contributed by atoms with Crippen molar-refractivity contribution >= 4 is 28.3 Å². The first-order chi connectivity index (χ1) is 10.6. The fourth-order valence-corrected chi connectivity index (χ4v) is 2.99. The number of amides is 1. The molecule has 2 aromatic rings. The highest BCUT2D eigenvalue weighted by molar-refractivity contribution is 7.16. The minimum Gasteiger partial charge on any atom is -0.481 e. The maximum absolute atomic E-state index is 11.8. The standard InChI is InChI=1S/C16H18N2O3S/c1-2-12-15(11-7-4-3-5-8-11)18-16(22-12)17-13(19)9-6-10-14(20)21/h3-5,7-8H,2,6,9-10H2,1H3,(H,20,21)(H,17,18,19). The van der Waals surface area contributed by atoms with E-state index in [1.54, 1.807) is 0 Å². The van der Waals surface area contributed by atoms with Crippen LogP contribution < -0.4 is 5.32 Å². The van der Waals surface area contributed by atoms with E-state index in [0.717, 1.165) is 22.6 Å². The van der Waals surface area contributed by atoms with E-state index in [1.807, 2.05) is 30.3 Å². The van der Waals surface area contributed by atoms with Crippen molar-refractivity contribution in [3.8, 4) is 11.3 Å². The highest BCUT2D eigenvalue weighted by Gasteiger charge is 2.13. The van der Waals surface area contributed by atoms with Crippen LogP contribution in [0.5, 0.6) is 0 Å². The van der Waals surface area contributed by atoms with Gasteiger partial charge in [-0.25, -0.2) is 4.98 Å². The van der Waals surface area contributed by atoms with Crippen molar-refractivity contribution in [2.24, 2.45) is 0 Å². The number of carboxylic acid groups (broad SMARTS) is 1. The van der Waals surface area contributed by atoms with Gasteiger partial charge in [-0.3, -0.25) is 9.59 Å². The summed E-state index contributed by atoms with van der Waals surface area (Å²) in [6.45, 7) is 2.05. The first-order valence-corrected chi connectivity index (χ1v) is 7.98. The maximum Gasteiger partial charge on any atom is 0.303 e. The maximum atomic E-state index is 11.8. The molecular formula is C16H18N2O3S. The highest BCUT2D eigenvalue weighted by Crippen LogP contribution is 2.31. The van der Waals surface area contributed by atoms with Crippen LogP contribution in [0.4, 0.5) is 5.13 Å². The van der Waals surface area contributed by atoms with Crippen molar-refractivity contribution in [1.29, 1.82) is 0 Å². The lowest BCUT2D eigenvalue weighted by Crippen LogP contribution is -2.11. The molecule has 0 spiro atoms. The minimum atomic E-state index is -0.887. The van der Waals surface area contributed by atoms with E-state index in [2.05, 4.69) is 17.2 Å². The number of aliphatic carboxylic acids is 1. The highest BCUT2D eigenvalue weighted by atomic mass is 32.1. The van der Waals surface area contributed by atoms with Gasteiger partial charge in [-0.2, -0.15) is 0 Å². The largest absolute Gasteiger partial charge is 0.481 e. The summed E-state index contributed by atoms with van der Waals surface area (Å²) in [5.41, 5.74) is 1.93. The number of carboxylic acids is 1. The van der Waals surface area contributed by atoms with Gasteiger partial charge in [0.2, 0.25) is 5.91 Å². The molecule has 116 valence electrons. The zero-order valence-electron chi connectivity index (χ0n) is 12.3. The van der Waals surface area contributed by atoms with Gasteiger partial charge in [-0.15, -0.1) is 11.3 Å². The van der Waals surface area contributed by atoms with Gasteiger partial charge < -0.3 is 10.4 Å². The Balaban J connectivity index is 2.05. The summed E-state index contributed by atoms with van der Waals surface area (Å²) in [6.07, 6.45) is 1.37. The molecule has 0 aliphatic carbocycles. The van der Waals surface area contributed by atoms with Gasteiger partial charge in [0.15, 0.2) is 5.13 Å². The van der Waals surface area contributed by atoms with Crippen LogP contribution in [0.1, 0.15) is 31.1 Å². The van der Waals surface area contributed by atoms with Crippen LogP contribution in [0.3, 0.4) is 0 Å². The molecule has 1 heterocycles. The number of thiazole rings is 1. The van der Waals surface area contributed by atoms with Crippen LogP contribution in [0.2, 0.25) is 0 Å². The summed E-state index contributed by atoms with van der Waals surface area (Å²) in [4.78, 5) is 27.9. The van der Waals surface area contributed by atoms with Crippen LogP contribution in [-0.4, -0.2) is 22.0 Å². The smallest absolute Gasteiger partial charge is 0.303 e. The van der Waals surface area contributed by atoms with Gasteiger partial charge in [0.1, 0.15) is 0 Å². The summed E-state index contributed by atoms with van der Waals surface area (Å²) in [5.74, 6) is -1.08. The second-order valence-electron chi connectivity index (χ2n) is 4.81. The number of anilines is 1. The van der Waals surface area contributed by atoms with E-state index in [-0.39, 0.29) is 18.7 Å². The number of hydrogen-bond acceptors (Lipinski definition) is 4. The zero-order valence-corrected chi connectivity index (χ0v) is 13.2. The van der Waals surface area contributed by atoms with Crippen molar-refractivity contribution in [2.45, 2.75) is 32.6 Å². The molecule has 1 amide bonds. The number of carbonyl (C=O) groups excluding carboxylic acids is 1. The van der Waals surface area contributed by atoms with Gasteiger partial charge >= 0.3 is 5.97 Å². The van der Waals surface area contributed by atoms with Crippen molar-refractivity contribution in [3.63, 3.8) is 0 Å². The summed E-state index contributed by atoms with van der Waals surface area (Å²) in [6, 6.07) is 9.85. The Bertz CT molecular complexity index is 653. The fourth-order valence-electron chi connectivity index (χ4n) is 2.05. The quantitative estimate of drug-likeness (QED) is 0.818. The molecule has 0 saturated heterocycles. The summed E-state index contributed by atoms with van der Waals surface area (Å²) in [5, 5.41) is 11.9. The van der Waals surface area contributed by atoms with E-state index >= 15 is 0 Å². The number of rotatable bonds is 7. The number of nitrogens with zero attached hydrogens (tertiary/aromatic N) is 1. The first kappa shape index (κ1) is 16.2. The average Bonchev–Trinajstić information content (AvgIpc) is 2.90. The third-order valence-corrected chi connectivity index (χ3v) is 4.22. The molecule has 0 bridgehead atoms. The monoisotopic (exact) mass is 318 g/mol. The van der Waals surface area contributed by atoms with E-state index in [4.69, 9.17) is 5.11 Å². The molecule has 0 saturated carbocycles. The Kier molecular flexibility index (Phi) is 5.66. The van der Waals surface area contributed by atoms with Gasteiger partial charge in [0.05, 0.1) is 5.69 Å². The Morgan fingerprint density at radius 1 is 1.23 bits per heavy atom. The van der Waals surface area contributed by atoms with Gasteiger partial charge in [-0.05, 0) is 12.8 Å². The van der Waals surface area contributed by atoms with Gasteiger partial charge in [0, 0.05) is 23.3 Å². The zero-order chi connectivity index (χ0) is 15.9. The van der Waals surface area contributed by atoms with Crippen LogP contribution in [0.15, 0.2) is 30.3 Å². The van der Waals surface area contributed by atoms with Crippen LogP contribution in [0.25, 0.3) is 11.3 Å². The Labute approximate surface area is 133 Å². The molecule has 0 radical (unpaired) electrons. The first-order valence-electron chi connectivity index (χ1n) is 7.17. The summed E-state index contributed by atoms with van der Waals surface area (Å²) in [7, 11) is 0. The number of hydrogen-bond donors (Lipinski definition) is 2. The van der Waals surface area contributed by atoms with E-state index in [9.17, 15) is 9.59 Å². The van der Waals surface area contributed by atoms with E-state index in [1.165, 1.54) is 11.3 Å². The molecule has 22 heavy (non-hydrogen) atoms. The van der Waals surface area contributed by atoms with Crippen LogP contribution >= 0.6 is 11.3 Å². The molecule has 5 nitrogen and oxygen atoms in total. The van der Waals surface area contributed by atoms with Crippen molar-refractivity contribution in [1.82, 2.24) is 4.98 Å². The molecule has 1 aromatic carbocycles. The normalized spacial score (nSPS) is 10.4. The SMILES string of the molecule is CCc1sc(NC(=O)CCCC(=O)O)nc1-c1ccccc1. The molecule has 0 unspecified atom stereocenters. The van der Waals surface area contributed by atoms with Crippen LogP contribution in [-0.2, 0) is 16.0 Å². The molecule has 0 atom stereocenters. The number of benzene rings is 1. The number of aryl methyl sites for hydroxylation is 1. The molecule has 0 aliphatic rings. The van der Waals surface area contributed by atoms with Crippen LogP contribution in [0, 0.1) is 0 Å². The third-order valence-electron chi connectivity index (χ3n) is 3.11. The topological polar surface area (TPSA) is 79.3 Å².